The zero-order chi connectivity index (χ0) is 30.8. The molecule has 0 spiro atoms. The predicted molar refractivity (Wildman–Crippen MR) is 173 cm³/mol. The molecular formula is C36H39N3O4S. The topological polar surface area (TPSA) is 86.8 Å². The summed E-state index contributed by atoms with van der Waals surface area (Å²) in [5, 5.41) is 3.24. The van der Waals surface area contributed by atoms with Crippen LogP contribution in [0.2, 0.25) is 0 Å². The molecule has 228 valence electrons. The molecule has 0 heterocycles. The Morgan fingerprint density at radius 3 is 1.82 bits per heavy atom. The Morgan fingerprint density at radius 2 is 1.23 bits per heavy atom. The fraction of sp³-hybridized carbons (Fsp3) is 0.278. The summed E-state index contributed by atoms with van der Waals surface area (Å²) < 4.78 is 29.1. The first-order valence-electron chi connectivity index (χ1n) is 15.2. The number of nitrogens with zero attached hydrogens (tertiary/aromatic N) is 2. The smallest absolute Gasteiger partial charge is 0.264 e. The summed E-state index contributed by atoms with van der Waals surface area (Å²) in [5.74, 6) is -0.681. The monoisotopic (exact) mass is 609 g/mol. The maximum Gasteiger partial charge on any atom is 0.264 e. The molecular weight excluding hydrogens is 570 g/mol. The van der Waals surface area contributed by atoms with Gasteiger partial charge in [0.1, 0.15) is 12.6 Å². The standard InChI is InChI=1S/C36H39N3O4S/c40-35(28-39(32-22-12-4-13-23-32)44(42,43)33-24-14-5-15-25-33)38(27-30-18-8-2-9-19-30)34(26-29-16-6-1-7-17-29)36(41)37-31-20-10-3-11-21-31/h1-2,4-9,12-19,22-25,31,34H,3,10-11,20-21,26-28H2,(H,37,41)/t34-/m0/s1. The van der Waals surface area contributed by atoms with Crippen molar-refractivity contribution in [1.29, 1.82) is 0 Å². The van der Waals surface area contributed by atoms with Gasteiger partial charge in [0.2, 0.25) is 11.8 Å². The van der Waals surface area contributed by atoms with Crippen molar-refractivity contribution in [3.63, 3.8) is 0 Å². The third kappa shape index (κ3) is 7.94. The Hall–Kier alpha value is -4.43. The van der Waals surface area contributed by atoms with Crippen LogP contribution >= 0.6 is 0 Å². The highest BCUT2D eigenvalue weighted by molar-refractivity contribution is 7.92. The number of rotatable bonds is 12. The number of carbonyl (C=O) groups excluding carboxylic acids is 2. The van der Waals surface area contributed by atoms with Crippen molar-refractivity contribution >= 4 is 27.5 Å². The average Bonchev–Trinajstić information content (AvgIpc) is 3.07. The van der Waals surface area contributed by atoms with Gasteiger partial charge in [0.15, 0.2) is 0 Å². The van der Waals surface area contributed by atoms with Gasteiger partial charge in [-0.1, -0.05) is 116 Å². The molecule has 1 N–H and O–H groups in total. The fourth-order valence-electron chi connectivity index (χ4n) is 5.72. The maximum atomic E-state index is 14.5. The van der Waals surface area contributed by atoms with Crippen LogP contribution < -0.4 is 9.62 Å². The molecule has 5 rings (SSSR count). The SMILES string of the molecule is O=C(NC1CCCCC1)[C@H](Cc1ccccc1)N(Cc1ccccc1)C(=O)CN(c1ccccc1)S(=O)(=O)c1ccccc1. The molecule has 0 aromatic heterocycles. The Morgan fingerprint density at radius 1 is 0.705 bits per heavy atom. The minimum Gasteiger partial charge on any atom is -0.352 e. The Kier molecular flexibility index (Phi) is 10.5. The van der Waals surface area contributed by atoms with E-state index in [1.807, 2.05) is 60.7 Å². The molecule has 4 aromatic rings. The number of sulfonamides is 1. The van der Waals surface area contributed by atoms with Crippen molar-refractivity contribution in [2.45, 2.75) is 62.0 Å². The molecule has 0 unspecified atom stereocenters. The van der Waals surface area contributed by atoms with Gasteiger partial charge in [0.25, 0.3) is 10.0 Å². The lowest BCUT2D eigenvalue weighted by Gasteiger charge is -2.35. The molecule has 0 aliphatic heterocycles. The number of anilines is 1. The molecule has 2 amide bonds. The predicted octanol–water partition coefficient (Wildman–Crippen LogP) is 5.97. The molecule has 0 radical (unpaired) electrons. The van der Waals surface area contributed by atoms with Crippen molar-refractivity contribution in [3.8, 4) is 0 Å². The van der Waals surface area contributed by atoms with E-state index in [1.54, 1.807) is 53.4 Å². The molecule has 1 aliphatic rings. The zero-order valence-corrected chi connectivity index (χ0v) is 25.6. The van der Waals surface area contributed by atoms with Gasteiger partial charge in [-0.2, -0.15) is 0 Å². The summed E-state index contributed by atoms with van der Waals surface area (Å²) in [6, 6.07) is 35.1. The minimum atomic E-state index is -4.10. The second-order valence-electron chi connectivity index (χ2n) is 11.2. The first kappa shape index (κ1) is 31.0. The van der Waals surface area contributed by atoms with Crippen LogP contribution in [0.4, 0.5) is 5.69 Å². The van der Waals surface area contributed by atoms with E-state index >= 15 is 0 Å². The van der Waals surface area contributed by atoms with E-state index in [0.717, 1.165) is 47.5 Å². The molecule has 7 nitrogen and oxygen atoms in total. The average molecular weight is 610 g/mol. The Labute approximate surface area is 260 Å². The summed E-state index contributed by atoms with van der Waals surface area (Å²) in [5.41, 5.74) is 2.14. The van der Waals surface area contributed by atoms with Gasteiger partial charge < -0.3 is 10.2 Å². The van der Waals surface area contributed by atoms with E-state index < -0.39 is 28.5 Å². The molecule has 4 aromatic carbocycles. The first-order valence-corrected chi connectivity index (χ1v) is 16.7. The van der Waals surface area contributed by atoms with Crippen LogP contribution in [0.1, 0.15) is 43.2 Å². The maximum absolute atomic E-state index is 14.5. The summed E-state index contributed by atoms with van der Waals surface area (Å²) in [7, 11) is -4.10. The molecule has 8 heteroatoms. The second kappa shape index (κ2) is 14.8. The van der Waals surface area contributed by atoms with Crippen molar-refractivity contribution in [3.05, 3.63) is 132 Å². The fourth-order valence-corrected chi connectivity index (χ4v) is 7.16. The molecule has 1 saturated carbocycles. The molecule has 1 atom stereocenters. The quantitative estimate of drug-likeness (QED) is 0.214. The van der Waals surface area contributed by atoms with Crippen LogP contribution in [0, 0.1) is 0 Å². The summed E-state index contributed by atoms with van der Waals surface area (Å²) in [6.45, 7) is -0.306. The van der Waals surface area contributed by atoms with E-state index in [4.69, 9.17) is 0 Å². The van der Waals surface area contributed by atoms with Crippen LogP contribution in [0.15, 0.2) is 126 Å². The lowest BCUT2D eigenvalue weighted by molar-refractivity contribution is -0.140. The molecule has 1 aliphatic carbocycles. The van der Waals surface area contributed by atoms with Crippen LogP contribution in [0.25, 0.3) is 0 Å². The number of benzene rings is 4. The van der Waals surface area contributed by atoms with Crippen LogP contribution in [0.5, 0.6) is 0 Å². The van der Waals surface area contributed by atoms with Gasteiger partial charge >= 0.3 is 0 Å². The van der Waals surface area contributed by atoms with Gasteiger partial charge in [-0.25, -0.2) is 8.42 Å². The van der Waals surface area contributed by atoms with Crippen molar-refractivity contribution in [1.82, 2.24) is 10.2 Å². The summed E-state index contributed by atoms with van der Waals surface area (Å²) >= 11 is 0. The molecule has 0 saturated heterocycles. The third-order valence-electron chi connectivity index (χ3n) is 8.07. The summed E-state index contributed by atoms with van der Waals surface area (Å²) in [4.78, 5) is 30.2. The van der Waals surface area contributed by atoms with Gasteiger partial charge in [-0.15, -0.1) is 0 Å². The van der Waals surface area contributed by atoms with Gasteiger partial charge in [0, 0.05) is 19.0 Å². The number of amides is 2. The van der Waals surface area contributed by atoms with Gasteiger partial charge in [-0.05, 0) is 48.2 Å². The highest BCUT2D eigenvalue weighted by Crippen LogP contribution is 2.25. The highest BCUT2D eigenvalue weighted by atomic mass is 32.2. The number of nitrogens with one attached hydrogen (secondary N) is 1. The minimum absolute atomic E-state index is 0.0578. The number of hydrogen-bond donors (Lipinski definition) is 1. The van der Waals surface area contributed by atoms with Crippen molar-refractivity contribution < 1.29 is 18.0 Å². The normalized spacial score (nSPS) is 14.4. The van der Waals surface area contributed by atoms with E-state index in [-0.39, 0.29) is 23.4 Å². The highest BCUT2D eigenvalue weighted by Gasteiger charge is 2.35. The Balaban J connectivity index is 1.53. The van der Waals surface area contributed by atoms with Crippen molar-refractivity contribution in [2.24, 2.45) is 0 Å². The molecule has 0 bridgehead atoms. The molecule has 44 heavy (non-hydrogen) atoms. The zero-order valence-electron chi connectivity index (χ0n) is 24.8. The van der Waals surface area contributed by atoms with E-state index in [1.165, 1.54) is 12.1 Å². The lowest BCUT2D eigenvalue weighted by atomic mass is 9.94. The van der Waals surface area contributed by atoms with E-state index in [9.17, 15) is 18.0 Å². The second-order valence-corrected chi connectivity index (χ2v) is 13.1. The van der Waals surface area contributed by atoms with Gasteiger partial charge in [0.05, 0.1) is 10.6 Å². The summed E-state index contributed by atoms with van der Waals surface area (Å²) in [6.07, 6.45) is 5.40. The Bertz CT molecular complexity index is 1590. The van der Waals surface area contributed by atoms with Crippen molar-refractivity contribution in [2.75, 3.05) is 10.8 Å². The lowest BCUT2D eigenvalue weighted by Crippen LogP contribution is -2.55. The van der Waals surface area contributed by atoms with Crippen LogP contribution in [-0.4, -0.2) is 43.8 Å². The van der Waals surface area contributed by atoms with E-state index in [2.05, 4.69) is 5.32 Å². The van der Waals surface area contributed by atoms with Crippen LogP contribution in [0.3, 0.4) is 0 Å². The largest absolute Gasteiger partial charge is 0.352 e. The van der Waals surface area contributed by atoms with E-state index in [0.29, 0.717) is 12.1 Å². The number of para-hydroxylation sites is 1. The third-order valence-corrected chi connectivity index (χ3v) is 9.86. The molecule has 1 fully saturated rings. The first-order chi connectivity index (χ1) is 21.4. The number of carbonyl (C=O) groups is 2. The number of hydrogen-bond acceptors (Lipinski definition) is 4. The van der Waals surface area contributed by atoms with Gasteiger partial charge in [-0.3, -0.25) is 13.9 Å². The van der Waals surface area contributed by atoms with Crippen LogP contribution in [-0.2, 0) is 32.6 Å².